The van der Waals surface area contributed by atoms with E-state index in [0.717, 1.165) is 30.4 Å². The van der Waals surface area contributed by atoms with Crippen molar-refractivity contribution < 1.29 is 4.74 Å². The molecule has 1 unspecified atom stereocenters. The Morgan fingerprint density at radius 1 is 1.33 bits per heavy atom. The van der Waals surface area contributed by atoms with Gasteiger partial charge in [-0.3, -0.25) is 4.99 Å². The Balaban J connectivity index is 0.00000261. The Labute approximate surface area is 183 Å². The van der Waals surface area contributed by atoms with Crippen molar-refractivity contribution in [2.45, 2.75) is 17.9 Å². The molecule has 0 spiro atoms. The van der Waals surface area contributed by atoms with Gasteiger partial charge in [0.05, 0.1) is 7.11 Å². The summed E-state index contributed by atoms with van der Waals surface area (Å²) < 4.78 is 5.18. The van der Waals surface area contributed by atoms with Crippen molar-refractivity contribution in [3.8, 4) is 5.88 Å². The van der Waals surface area contributed by atoms with Gasteiger partial charge in [0.15, 0.2) is 5.96 Å². The Bertz CT molecular complexity index is 729. The minimum absolute atomic E-state index is 0. The van der Waals surface area contributed by atoms with Crippen LogP contribution in [0.5, 0.6) is 5.88 Å². The summed E-state index contributed by atoms with van der Waals surface area (Å²) in [4.78, 5) is 12.3. The maximum absolute atomic E-state index is 5.18. The first kappa shape index (κ1) is 21.8. The number of ether oxygens (including phenoxy) is 1. The fourth-order valence-corrected chi connectivity index (χ4v) is 4.13. The van der Waals surface area contributed by atoms with E-state index in [2.05, 4.69) is 50.5 Å². The fourth-order valence-electron chi connectivity index (χ4n) is 3.08. The summed E-state index contributed by atoms with van der Waals surface area (Å²) in [5, 5.41) is 3.46. The predicted molar refractivity (Wildman–Crippen MR) is 123 cm³/mol. The molecule has 2 aromatic rings. The molecule has 2 heterocycles. The number of nitrogens with zero attached hydrogens (tertiary/aromatic N) is 3. The van der Waals surface area contributed by atoms with E-state index >= 15 is 0 Å². The largest absolute Gasteiger partial charge is 0.481 e. The molecule has 1 aromatic heterocycles. The number of guanidine groups is 1. The Kier molecular flexibility index (Phi) is 9.20. The van der Waals surface area contributed by atoms with Crippen LogP contribution in [0.15, 0.2) is 58.5 Å². The number of benzene rings is 1. The zero-order valence-corrected chi connectivity index (χ0v) is 18.9. The van der Waals surface area contributed by atoms with Crippen LogP contribution in [-0.4, -0.2) is 48.8 Å². The number of nitrogens with one attached hydrogen (secondary N) is 1. The van der Waals surface area contributed by atoms with Crippen LogP contribution in [0, 0.1) is 5.92 Å². The quantitative estimate of drug-likeness (QED) is 0.284. The van der Waals surface area contributed by atoms with E-state index in [1.165, 1.54) is 11.3 Å². The van der Waals surface area contributed by atoms with Crippen molar-refractivity contribution in [2.24, 2.45) is 10.9 Å². The van der Waals surface area contributed by atoms with Gasteiger partial charge in [0.2, 0.25) is 5.88 Å². The molecule has 1 atom stereocenters. The van der Waals surface area contributed by atoms with Crippen LogP contribution in [0.2, 0.25) is 0 Å². The minimum atomic E-state index is 0. The van der Waals surface area contributed by atoms with Gasteiger partial charge in [0.1, 0.15) is 0 Å². The van der Waals surface area contributed by atoms with Crippen molar-refractivity contribution in [1.29, 1.82) is 0 Å². The van der Waals surface area contributed by atoms with Gasteiger partial charge in [-0.15, -0.1) is 35.7 Å². The number of pyridine rings is 1. The van der Waals surface area contributed by atoms with Crippen LogP contribution in [-0.2, 0) is 6.54 Å². The molecule has 0 bridgehead atoms. The SMILES string of the molecule is CN=C(NCc1ccnc(OC)c1)N1CCC(CSc2ccccc2)C1.I. The van der Waals surface area contributed by atoms with E-state index in [1.807, 2.05) is 30.9 Å². The van der Waals surface area contributed by atoms with Crippen molar-refractivity contribution in [3.05, 3.63) is 54.2 Å². The summed E-state index contributed by atoms with van der Waals surface area (Å²) in [6, 6.07) is 14.6. The van der Waals surface area contributed by atoms with Gasteiger partial charge in [-0.25, -0.2) is 4.98 Å². The molecule has 1 aromatic carbocycles. The maximum Gasteiger partial charge on any atom is 0.213 e. The molecule has 0 radical (unpaired) electrons. The topological polar surface area (TPSA) is 49.8 Å². The maximum atomic E-state index is 5.18. The molecule has 0 saturated carbocycles. The molecule has 0 amide bonds. The van der Waals surface area contributed by atoms with Gasteiger partial charge >= 0.3 is 0 Å². The number of halogens is 1. The third-order valence-electron chi connectivity index (χ3n) is 4.49. The molecule has 27 heavy (non-hydrogen) atoms. The average molecular weight is 498 g/mol. The lowest BCUT2D eigenvalue weighted by molar-refractivity contribution is 0.397. The highest BCUT2D eigenvalue weighted by Crippen LogP contribution is 2.25. The lowest BCUT2D eigenvalue weighted by Gasteiger charge is -2.21. The zero-order valence-electron chi connectivity index (χ0n) is 15.8. The normalized spacial score (nSPS) is 16.7. The highest BCUT2D eigenvalue weighted by atomic mass is 127. The molecule has 5 nitrogen and oxygen atoms in total. The minimum Gasteiger partial charge on any atom is -0.481 e. The number of rotatable bonds is 6. The van der Waals surface area contributed by atoms with E-state index in [4.69, 9.17) is 4.74 Å². The Morgan fingerprint density at radius 3 is 2.89 bits per heavy atom. The molecule has 7 heteroatoms. The highest BCUT2D eigenvalue weighted by Gasteiger charge is 2.24. The van der Waals surface area contributed by atoms with E-state index in [0.29, 0.717) is 18.3 Å². The highest BCUT2D eigenvalue weighted by molar-refractivity contribution is 14.0. The van der Waals surface area contributed by atoms with Crippen LogP contribution in [0.1, 0.15) is 12.0 Å². The van der Waals surface area contributed by atoms with E-state index in [9.17, 15) is 0 Å². The van der Waals surface area contributed by atoms with Crippen LogP contribution in [0.4, 0.5) is 0 Å². The van der Waals surface area contributed by atoms with Gasteiger partial charge in [0.25, 0.3) is 0 Å². The second-order valence-corrected chi connectivity index (χ2v) is 7.43. The first-order valence-electron chi connectivity index (χ1n) is 8.91. The van der Waals surface area contributed by atoms with Gasteiger partial charge in [-0.05, 0) is 36.1 Å². The van der Waals surface area contributed by atoms with Crippen molar-refractivity contribution in [1.82, 2.24) is 15.2 Å². The second-order valence-electron chi connectivity index (χ2n) is 6.33. The molecule has 1 aliphatic heterocycles. The van der Waals surface area contributed by atoms with Gasteiger partial charge < -0.3 is 15.0 Å². The van der Waals surface area contributed by atoms with Crippen molar-refractivity contribution >= 4 is 41.7 Å². The van der Waals surface area contributed by atoms with E-state index in [1.54, 1.807) is 13.3 Å². The smallest absolute Gasteiger partial charge is 0.213 e. The Hall–Kier alpha value is -1.48. The van der Waals surface area contributed by atoms with Crippen molar-refractivity contribution in [3.63, 3.8) is 0 Å². The summed E-state index contributed by atoms with van der Waals surface area (Å²) in [7, 11) is 3.48. The lowest BCUT2D eigenvalue weighted by Crippen LogP contribution is -2.39. The number of likely N-dealkylation sites (tertiary alicyclic amines) is 1. The monoisotopic (exact) mass is 498 g/mol. The molecule has 3 rings (SSSR count). The molecule has 146 valence electrons. The summed E-state index contributed by atoms with van der Waals surface area (Å²) in [5.41, 5.74) is 1.13. The number of aromatic nitrogens is 1. The molecule has 1 N–H and O–H groups in total. The summed E-state index contributed by atoms with van der Waals surface area (Å²) >= 11 is 1.95. The summed E-state index contributed by atoms with van der Waals surface area (Å²) in [5.74, 6) is 3.45. The first-order valence-corrected chi connectivity index (χ1v) is 9.89. The molecular weight excluding hydrogens is 471 g/mol. The number of hydrogen-bond acceptors (Lipinski definition) is 4. The van der Waals surface area contributed by atoms with Gasteiger partial charge in [0, 0.05) is 49.6 Å². The van der Waals surface area contributed by atoms with Gasteiger partial charge in [-0.2, -0.15) is 0 Å². The van der Waals surface area contributed by atoms with Crippen LogP contribution in [0.25, 0.3) is 0 Å². The molecule has 1 aliphatic rings. The number of thioether (sulfide) groups is 1. The van der Waals surface area contributed by atoms with Gasteiger partial charge in [-0.1, -0.05) is 18.2 Å². The number of aliphatic imine (C=N–C) groups is 1. The van der Waals surface area contributed by atoms with Crippen LogP contribution >= 0.6 is 35.7 Å². The third-order valence-corrected chi connectivity index (χ3v) is 5.73. The Morgan fingerprint density at radius 2 is 2.15 bits per heavy atom. The molecule has 1 saturated heterocycles. The van der Waals surface area contributed by atoms with E-state index < -0.39 is 0 Å². The molecule has 0 aliphatic carbocycles. The van der Waals surface area contributed by atoms with Crippen LogP contribution in [0.3, 0.4) is 0 Å². The zero-order chi connectivity index (χ0) is 18.2. The standard InChI is InChI=1S/C20H26N4OS.HI/c1-21-20(23-13-16-8-10-22-19(12-16)25-2)24-11-9-17(14-24)15-26-18-6-4-3-5-7-18;/h3-8,10,12,17H,9,11,13-15H2,1-2H3,(H,21,23);1H. The summed E-state index contributed by atoms with van der Waals surface area (Å²) in [6.07, 6.45) is 2.98. The fraction of sp³-hybridized carbons (Fsp3) is 0.400. The predicted octanol–water partition coefficient (Wildman–Crippen LogP) is 3.90. The molecule has 1 fully saturated rings. The number of hydrogen-bond donors (Lipinski definition) is 1. The van der Waals surface area contributed by atoms with E-state index in [-0.39, 0.29) is 24.0 Å². The van der Waals surface area contributed by atoms with Crippen LogP contribution < -0.4 is 10.1 Å². The third kappa shape index (κ3) is 6.57. The van der Waals surface area contributed by atoms with Crippen molar-refractivity contribution in [2.75, 3.05) is 33.0 Å². The number of methoxy groups -OCH3 is 1. The lowest BCUT2D eigenvalue weighted by atomic mass is 10.2. The second kappa shape index (κ2) is 11.4. The molecular formula is C20H27IN4OS. The summed E-state index contributed by atoms with van der Waals surface area (Å²) in [6.45, 7) is 2.82. The average Bonchev–Trinajstić information content (AvgIpc) is 3.17. The first-order chi connectivity index (χ1) is 12.8.